The molecule has 10 nitrogen and oxygen atoms in total. The summed E-state index contributed by atoms with van der Waals surface area (Å²) >= 11 is 6.45. The van der Waals surface area contributed by atoms with E-state index < -0.39 is 21.9 Å². The van der Waals surface area contributed by atoms with E-state index in [0.29, 0.717) is 57.1 Å². The van der Waals surface area contributed by atoms with Gasteiger partial charge in [-0.25, -0.2) is 9.00 Å². The van der Waals surface area contributed by atoms with E-state index in [1.165, 1.54) is 11.1 Å². The normalized spacial score (nSPS) is 32.9. The predicted molar refractivity (Wildman–Crippen MR) is 195 cm³/mol. The third-order valence-corrected chi connectivity index (χ3v) is 13.8. The topological polar surface area (TPSA) is 110 Å². The number of ether oxygens (including phenoxy) is 3. The number of likely N-dealkylation sites (tertiary alicyclic amines) is 1. The first-order valence-electron chi connectivity index (χ1n) is 17.9. The van der Waals surface area contributed by atoms with Crippen LogP contribution in [0.15, 0.2) is 52.9 Å². The Hall–Kier alpha value is -3.12. The largest absolute Gasteiger partial charge is 0.490 e. The zero-order valence-electron chi connectivity index (χ0n) is 29.5. The van der Waals surface area contributed by atoms with Crippen molar-refractivity contribution in [3.63, 3.8) is 0 Å². The van der Waals surface area contributed by atoms with E-state index in [1.54, 1.807) is 18.1 Å². The number of amides is 3. The number of halogens is 1. The average Bonchev–Trinajstić information content (AvgIpc) is 3.17. The molecule has 2 spiro atoms. The molecule has 4 heterocycles. The maximum atomic E-state index is 14.5. The number of urea groups is 1. The second kappa shape index (κ2) is 13.8. The van der Waals surface area contributed by atoms with Crippen LogP contribution in [0, 0.1) is 17.8 Å². The molecule has 2 bridgehead atoms. The molecule has 270 valence electrons. The van der Waals surface area contributed by atoms with Crippen molar-refractivity contribution in [2.24, 2.45) is 22.1 Å². The van der Waals surface area contributed by atoms with Crippen LogP contribution in [0.3, 0.4) is 0 Å². The van der Waals surface area contributed by atoms with Gasteiger partial charge in [0.05, 0.1) is 43.8 Å². The number of carbonyl (C=O) groups excluding carboxylic acids is 2. The Balaban J connectivity index is 1.27. The number of methoxy groups -OCH3 is 1. The monoisotopic (exact) mass is 724 g/mol. The molecule has 6 atom stereocenters. The lowest BCUT2D eigenvalue weighted by molar-refractivity contribution is -0.208. The van der Waals surface area contributed by atoms with Crippen LogP contribution in [0.2, 0.25) is 5.02 Å². The Morgan fingerprint density at radius 2 is 1.92 bits per heavy atom. The van der Waals surface area contributed by atoms with Gasteiger partial charge >= 0.3 is 6.03 Å². The molecule has 4 aliphatic heterocycles. The molecule has 0 unspecified atom stereocenters. The highest BCUT2D eigenvalue weighted by molar-refractivity contribution is 7.92. The van der Waals surface area contributed by atoms with Gasteiger partial charge in [0.2, 0.25) is 0 Å². The van der Waals surface area contributed by atoms with Gasteiger partial charge in [-0.3, -0.25) is 9.52 Å². The van der Waals surface area contributed by atoms with Crippen LogP contribution in [0.1, 0.15) is 67.9 Å². The maximum Gasteiger partial charge on any atom is 0.330 e. The van der Waals surface area contributed by atoms with Crippen LogP contribution in [-0.4, -0.2) is 85.0 Å². The van der Waals surface area contributed by atoms with Crippen molar-refractivity contribution in [3.8, 4) is 5.75 Å². The van der Waals surface area contributed by atoms with Gasteiger partial charge in [0, 0.05) is 42.6 Å². The number of benzene rings is 2. The van der Waals surface area contributed by atoms with Gasteiger partial charge in [-0.05, 0) is 84.9 Å². The van der Waals surface area contributed by atoms with Crippen molar-refractivity contribution in [1.29, 1.82) is 0 Å². The molecule has 1 N–H and O–H groups in total. The lowest BCUT2D eigenvalue weighted by atomic mass is 9.70. The summed E-state index contributed by atoms with van der Waals surface area (Å²) in [6, 6.07) is 11.1. The molecule has 7 rings (SSSR count). The summed E-state index contributed by atoms with van der Waals surface area (Å²) in [4.78, 5) is 31.2. The van der Waals surface area contributed by atoms with E-state index in [-0.39, 0.29) is 40.6 Å². The SMILES string of the molecule is CO[C@H]1/C=C/C[C@H](C)C[S@@](=O)(NC(=O)N2CC3(CCO3)C2)=NC(=O)c2ccc3c(c2)N(C[C@H](C)[C@H]1C)C[C@@]1(CCCc2cc(Cl)ccc21)CO3. The third-order valence-electron chi connectivity index (χ3n) is 11.5. The van der Waals surface area contributed by atoms with Gasteiger partial charge < -0.3 is 24.0 Å². The smallest absolute Gasteiger partial charge is 0.330 e. The van der Waals surface area contributed by atoms with Gasteiger partial charge in [0.1, 0.15) is 21.3 Å². The summed E-state index contributed by atoms with van der Waals surface area (Å²) in [5.74, 6) is 0.342. The molecule has 2 fully saturated rings. The quantitative estimate of drug-likeness (QED) is 0.357. The Bertz CT molecular complexity index is 1800. The van der Waals surface area contributed by atoms with E-state index in [2.05, 4.69) is 52.1 Å². The first-order valence-corrected chi connectivity index (χ1v) is 20.0. The van der Waals surface area contributed by atoms with Gasteiger partial charge in [0.25, 0.3) is 5.91 Å². The highest BCUT2D eigenvalue weighted by Gasteiger charge is 2.51. The number of rotatable bonds is 2. The second-order valence-corrected chi connectivity index (χ2v) is 17.8. The van der Waals surface area contributed by atoms with E-state index in [4.69, 9.17) is 25.8 Å². The van der Waals surface area contributed by atoms with Crippen LogP contribution >= 0.6 is 11.6 Å². The summed E-state index contributed by atoms with van der Waals surface area (Å²) in [5.41, 5.74) is 3.07. The third kappa shape index (κ3) is 6.90. The highest BCUT2D eigenvalue weighted by atomic mass is 35.5. The van der Waals surface area contributed by atoms with Gasteiger partial charge in [-0.15, -0.1) is 4.36 Å². The Morgan fingerprint density at radius 3 is 2.66 bits per heavy atom. The number of nitrogens with zero attached hydrogens (tertiary/aromatic N) is 3. The fourth-order valence-corrected chi connectivity index (χ4v) is 10.5. The molecule has 5 aliphatic rings. The molecule has 2 aromatic rings. The minimum atomic E-state index is -3.48. The molecule has 12 heteroatoms. The van der Waals surface area contributed by atoms with Crippen molar-refractivity contribution in [2.45, 2.75) is 70.0 Å². The fraction of sp³-hybridized carbons (Fsp3) is 0.579. The first-order chi connectivity index (χ1) is 23.9. The molecule has 2 aromatic carbocycles. The molecule has 0 saturated carbocycles. The van der Waals surface area contributed by atoms with Gasteiger partial charge in [-0.1, -0.05) is 50.6 Å². The van der Waals surface area contributed by atoms with Crippen molar-refractivity contribution < 1.29 is 28.0 Å². The number of nitrogens with one attached hydrogen (secondary N) is 1. The van der Waals surface area contributed by atoms with Crippen molar-refractivity contribution >= 4 is 39.1 Å². The molecule has 3 amide bonds. The zero-order valence-corrected chi connectivity index (χ0v) is 31.1. The van der Waals surface area contributed by atoms with Crippen molar-refractivity contribution in [2.75, 3.05) is 57.2 Å². The van der Waals surface area contributed by atoms with E-state index in [9.17, 15) is 13.8 Å². The minimum absolute atomic E-state index is 0.0278. The molecule has 2 saturated heterocycles. The van der Waals surface area contributed by atoms with Crippen LogP contribution < -0.4 is 14.4 Å². The summed E-state index contributed by atoms with van der Waals surface area (Å²) in [6.45, 7) is 9.89. The van der Waals surface area contributed by atoms with Crippen LogP contribution in [0.5, 0.6) is 5.75 Å². The number of aryl methyl sites for hydroxylation is 1. The number of fused-ring (bicyclic) bond motifs is 3. The Kier molecular flexibility index (Phi) is 9.73. The fourth-order valence-electron chi connectivity index (χ4n) is 8.37. The van der Waals surface area contributed by atoms with Crippen molar-refractivity contribution in [3.05, 3.63) is 70.3 Å². The second-order valence-electron chi connectivity index (χ2n) is 15.3. The first kappa shape index (κ1) is 35.3. The summed E-state index contributed by atoms with van der Waals surface area (Å²) in [5, 5.41) is 0.736. The number of hydrogen-bond acceptors (Lipinski definition) is 7. The molecular weight excluding hydrogens is 676 g/mol. The lowest BCUT2D eigenvalue weighted by Crippen LogP contribution is -2.70. The van der Waals surface area contributed by atoms with E-state index in [0.717, 1.165) is 36.4 Å². The Morgan fingerprint density at radius 1 is 1.12 bits per heavy atom. The Labute approximate surface area is 301 Å². The summed E-state index contributed by atoms with van der Waals surface area (Å²) in [7, 11) is -1.74. The molecule has 0 radical (unpaired) electrons. The van der Waals surface area contributed by atoms with Crippen LogP contribution in [-0.2, 0) is 31.2 Å². The highest BCUT2D eigenvalue weighted by Crippen LogP contribution is 2.45. The maximum absolute atomic E-state index is 14.5. The van der Waals surface area contributed by atoms with Crippen LogP contribution in [0.4, 0.5) is 10.5 Å². The number of anilines is 1. The summed E-state index contributed by atoms with van der Waals surface area (Å²) < 4.78 is 39.7. The lowest BCUT2D eigenvalue weighted by Gasteiger charge is -2.54. The molecule has 1 aliphatic carbocycles. The molecular formula is C38H49ClN4O6S. The predicted octanol–water partition coefficient (Wildman–Crippen LogP) is 6.40. The summed E-state index contributed by atoms with van der Waals surface area (Å²) in [6.07, 6.45) is 8.47. The average molecular weight is 725 g/mol. The number of carbonyl (C=O) groups is 2. The van der Waals surface area contributed by atoms with Crippen molar-refractivity contribution in [1.82, 2.24) is 9.62 Å². The van der Waals surface area contributed by atoms with E-state index >= 15 is 0 Å². The van der Waals surface area contributed by atoms with Crippen LogP contribution in [0.25, 0.3) is 0 Å². The molecule has 50 heavy (non-hydrogen) atoms. The number of hydrogen-bond donors (Lipinski definition) is 1. The standard InChI is InChI=1S/C38H49ClN4O6S/c1-25-7-5-9-33(47-4)27(3)26(2)19-42-21-37(14-6-8-28-17-30(39)11-12-31(28)37)24-48-34-13-10-29(18-32(34)42)35(44)40-50(46,20-25)41-36(45)43-22-38(23-43)15-16-49-38/h5,9-13,17-18,25-27,33H,6-8,14-16,19-24H2,1-4H3,(H,40,41,44,45,46)/b9-5+/t25-,26-,27+,33-,37-,50-/m0/s1. The minimum Gasteiger partial charge on any atom is -0.490 e. The van der Waals surface area contributed by atoms with Gasteiger partial charge in [0.15, 0.2) is 0 Å². The van der Waals surface area contributed by atoms with Gasteiger partial charge in [-0.2, -0.15) is 0 Å². The molecule has 0 aromatic heterocycles. The zero-order chi connectivity index (χ0) is 35.3. The van der Waals surface area contributed by atoms with E-state index in [1.807, 2.05) is 25.1 Å². The number of allylic oxidation sites excluding steroid dienone is 1.